The zero-order valence-electron chi connectivity index (χ0n) is 16.4. The van der Waals surface area contributed by atoms with Gasteiger partial charge in [-0.2, -0.15) is 10.1 Å². The van der Waals surface area contributed by atoms with Gasteiger partial charge in [0.1, 0.15) is 11.6 Å². The first-order valence-electron chi connectivity index (χ1n) is 8.58. The highest BCUT2D eigenvalue weighted by Crippen LogP contribution is 2.23. The summed E-state index contributed by atoms with van der Waals surface area (Å²) in [6.07, 6.45) is 1.62. The van der Waals surface area contributed by atoms with E-state index in [9.17, 15) is 8.42 Å². The van der Waals surface area contributed by atoms with E-state index in [0.29, 0.717) is 17.5 Å². The average molecular weight is 401 g/mol. The maximum Gasteiger partial charge on any atom is 0.242 e. The Hall–Kier alpha value is -2.98. The van der Waals surface area contributed by atoms with Crippen molar-refractivity contribution in [3.63, 3.8) is 0 Å². The van der Waals surface area contributed by atoms with Gasteiger partial charge in [-0.25, -0.2) is 17.7 Å². The third kappa shape index (κ3) is 3.97. The van der Waals surface area contributed by atoms with Crippen molar-refractivity contribution >= 4 is 33.3 Å². The van der Waals surface area contributed by atoms with E-state index in [-0.39, 0.29) is 4.90 Å². The van der Waals surface area contributed by atoms with Crippen LogP contribution in [0.15, 0.2) is 41.4 Å². The summed E-state index contributed by atoms with van der Waals surface area (Å²) in [7, 11) is 1.33. The Morgan fingerprint density at radius 3 is 2.50 bits per heavy atom. The predicted octanol–water partition coefficient (Wildman–Crippen LogP) is 2.56. The quantitative estimate of drug-likeness (QED) is 0.654. The summed E-state index contributed by atoms with van der Waals surface area (Å²) in [5.74, 6) is 1.79. The molecule has 2 N–H and O–H groups in total. The summed E-state index contributed by atoms with van der Waals surface area (Å²) >= 11 is 0. The molecule has 0 saturated heterocycles. The van der Waals surface area contributed by atoms with Crippen LogP contribution in [0.25, 0.3) is 0 Å². The Bertz CT molecular complexity index is 1110. The summed E-state index contributed by atoms with van der Waals surface area (Å²) in [4.78, 5) is 8.85. The Labute approximate surface area is 164 Å². The number of aryl methyl sites for hydroxylation is 2. The van der Waals surface area contributed by atoms with Gasteiger partial charge in [0.15, 0.2) is 0 Å². The van der Waals surface area contributed by atoms with Crippen LogP contribution in [-0.4, -0.2) is 46.6 Å². The molecule has 0 spiro atoms. The summed E-state index contributed by atoms with van der Waals surface area (Å²) in [6.45, 7) is 3.93. The molecule has 28 heavy (non-hydrogen) atoms. The molecule has 148 valence electrons. The highest BCUT2D eigenvalue weighted by atomic mass is 32.2. The van der Waals surface area contributed by atoms with Gasteiger partial charge in [0.25, 0.3) is 0 Å². The molecule has 0 bridgehead atoms. The maximum atomic E-state index is 12.3. The smallest absolute Gasteiger partial charge is 0.242 e. The van der Waals surface area contributed by atoms with E-state index in [1.807, 2.05) is 20.9 Å². The lowest BCUT2D eigenvalue weighted by Gasteiger charge is -2.13. The number of anilines is 4. The second-order valence-electron chi connectivity index (χ2n) is 6.51. The van der Waals surface area contributed by atoms with Crippen molar-refractivity contribution in [2.75, 3.05) is 24.7 Å². The zero-order valence-corrected chi connectivity index (χ0v) is 17.2. The predicted molar refractivity (Wildman–Crippen MR) is 109 cm³/mol. The fourth-order valence-electron chi connectivity index (χ4n) is 2.62. The van der Waals surface area contributed by atoms with Crippen molar-refractivity contribution in [2.24, 2.45) is 7.05 Å². The Morgan fingerprint density at radius 1 is 1.11 bits per heavy atom. The van der Waals surface area contributed by atoms with Crippen LogP contribution in [0.5, 0.6) is 0 Å². The Morgan fingerprint density at radius 2 is 1.86 bits per heavy atom. The number of benzene rings is 1. The molecule has 0 aliphatic rings. The molecule has 0 fully saturated rings. The lowest BCUT2D eigenvalue weighted by molar-refractivity contribution is 0.521. The van der Waals surface area contributed by atoms with Gasteiger partial charge in [-0.05, 0) is 38.1 Å². The van der Waals surface area contributed by atoms with Gasteiger partial charge in [-0.3, -0.25) is 4.68 Å². The van der Waals surface area contributed by atoms with E-state index in [1.54, 1.807) is 41.2 Å². The normalized spacial score (nSPS) is 11.6. The second-order valence-corrected chi connectivity index (χ2v) is 8.67. The topological polar surface area (TPSA) is 105 Å². The lowest BCUT2D eigenvalue weighted by Crippen LogP contribution is -2.22. The fourth-order valence-corrected chi connectivity index (χ4v) is 3.57. The van der Waals surface area contributed by atoms with Crippen molar-refractivity contribution < 1.29 is 8.42 Å². The molecule has 3 rings (SSSR count). The fraction of sp³-hybridized carbons (Fsp3) is 0.278. The summed E-state index contributed by atoms with van der Waals surface area (Å²) in [5.41, 5.74) is 2.56. The molecule has 0 aliphatic carbocycles. The van der Waals surface area contributed by atoms with Crippen LogP contribution in [0.4, 0.5) is 23.3 Å². The minimum absolute atomic E-state index is 0.192. The van der Waals surface area contributed by atoms with Gasteiger partial charge in [0.05, 0.1) is 10.6 Å². The molecular formula is C18H23N7O2S. The highest BCUT2D eigenvalue weighted by molar-refractivity contribution is 7.89. The third-order valence-corrected chi connectivity index (χ3v) is 6.10. The van der Waals surface area contributed by atoms with Crippen LogP contribution in [-0.2, 0) is 17.1 Å². The number of hydrogen-bond donors (Lipinski definition) is 2. The van der Waals surface area contributed by atoms with E-state index in [2.05, 4.69) is 25.7 Å². The van der Waals surface area contributed by atoms with Crippen molar-refractivity contribution in [3.8, 4) is 0 Å². The maximum absolute atomic E-state index is 12.3. The summed E-state index contributed by atoms with van der Waals surface area (Å²) < 4.78 is 27.5. The molecule has 0 unspecified atom stereocenters. The molecular weight excluding hydrogens is 378 g/mol. The minimum Gasteiger partial charge on any atom is -0.325 e. The zero-order chi connectivity index (χ0) is 20.5. The van der Waals surface area contributed by atoms with Crippen LogP contribution < -0.4 is 10.6 Å². The van der Waals surface area contributed by atoms with Crippen LogP contribution in [0.2, 0.25) is 0 Å². The van der Waals surface area contributed by atoms with Crippen molar-refractivity contribution in [1.82, 2.24) is 24.1 Å². The number of sulfonamides is 1. The van der Waals surface area contributed by atoms with E-state index in [4.69, 9.17) is 0 Å². The molecule has 3 aromatic rings. The van der Waals surface area contributed by atoms with Crippen LogP contribution in [0, 0.1) is 13.8 Å². The minimum atomic E-state index is -3.52. The van der Waals surface area contributed by atoms with Gasteiger partial charge in [0, 0.05) is 38.6 Å². The van der Waals surface area contributed by atoms with Gasteiger partial charge < -0.3 is 10.6 Å². The third-order valence-electron chi connectivity index (χ3n) is 4.29. The first kappa shape index (κ1) is 19.8. The Balaban J connectivity index is 1.84. The second kappa shape index (κ2) is 7.56. The number of hydrogen-bond acceptors (Lipinski definition) is 7. The van der Waals surface area contributed by atoms with Gasteiger partial charge in [-0.1, -0.05) is 6.07 Å². The number of rotatable bonds is 6. The van der Waals surface area contributed by atoms with Crippen molar-refractivity contribution in [3.05, 3.63) is 47.8 Å². The number of nitrogens with zero attached hydrogens (tertiary/aromatic N) is 5. The van der Waals surface area contributed by atoms with E-state index >= 15 is 0 Å². The first-order chi connectivity index (χ1) is 13.2. The molecule has 0 atom stereocenters. The molecule has 0 saturated carbocycles. The van der Waals surface area contributed by atoms with Gasteiger partial charge in [-0.15, -0.1) is 0 Å². The molecule has 0 aliphatic heterocycles. The van der Waals surface area contributed by atoms with Gasteiger partial charge >= 0.3 is 0 Å². The van der Waals surface area contributed by atoms with E-state index in [0.717, 1.165) is 17.1 Å². The monoisotopic (exact) mass is 401 g/mol. The molecule has 2 aromatic heterocycles. The van der Waals surface area contributed by atoms with Crippen molar-refractivity contribution in [2.45, 2.75) is 18.7 Å². The SMILES string of the molecule is Cc1nn(C)c(Nc2ccnc(Nc3cccc(S(=O)(=O)N(C)C)c3)n2)c1C. The Kier molecular flexibility index (Phi) is 5.34. The largest absolute Gasteiger partial charge is 0.325 e. The average Bonchev–Trinajstić information content (AvgIpc) is 2.88. The van der Waals surface area contributed by atoms with Crippen molar-refractivity contribution in [1.29, 1.82) is 0 Å². The number of aromatic nitrogens is 4. The molecule has 1 aromatic carbocycles. The lowest BCUT2D eigenvalue weighted by atomic mass is 10.3. The molecule has 2 heterocycles. The standard InChI is InChI=1S/C18H23N7O2S/c1-12-13(2)23-25(5)17(12)21-16-9-10-19-18(22-16)20-14-7-6-8-15(11-14)28(26,27)24(3)4/h6-11H,1-5H3,(H2,19,20,21,22). The molecule has 10 heteroatoms. The van der Waals surface area contributed by atoms with E-state index < -0.39 is 10.0 Å². The van der Waals surface area contributed by atoms with Crippen LogP contribution in [0.1, 0.15) is 11.3 Å². The van der Waals surface area contributed by atoms with Gasteiger partial charge in [0.2, 0.25) is 16.0 Å². The molecule has 9 nitrogen and oxygen atoms in total. The summed E-state index contributed by atoms with van der Waals surface area (Å²) in [6, 6.07) is 8.27. The number of nitrogens with one attached hydrogen (secondary N) is 2. The first-order valence-corrected chi connectivity index (χ1v) is 10.0. The molecule has 0 amide bonds. The van der Waals surface area contributed by atoms with E-state index in [1.165, 1.54) is 18.4 Å². The summed E-state index contributed by atoms with van der Waals surface area (Å²) in [5, 5.41) is 10.7. The van der Waals surface area contributed by atoms with Crippen LogP contribution >= 0.6 is 0 Å². The molecule has 0 radical (unpaired) electrons. The van der Waals surface area contributed by atoms with Crippen LogP contribution in [0.3, 0.4) is 0 Å². The highest BCUT2D eigenvalue weighted by Gasteiger charge is 2.17.